The molecule has 0 atom stereocenters. The highest BCUT2D eigenvalue weighted by molar-refractivity contribution is 7.26. The molecule has 2 aromatic heterocycles. The van der Waals surface area contributed by atoms with E-state index in [0.29, 0.717) is 9.85 Å². The molecule has 3 rings (SSSR count). The number of hydrogen-bond acceptors (Lipinski definition) is 3. The van der Waals surface area contributed by atoms with E-state index in [9.17, 15) is 4.39 Å². The Morgan fingerprint density at radius 1 is 1.20 bits per heavy atom. The van der Waals surface area contributed by atoms with Crippen LogP contribution in [-0.4, -0.2) is 9.97 Å². The third-order valence-corrected chi connectivity index (χ3v) is 3.80. The van der Waals surface area contributed by atoms with Crippen LogP contribution in [0.2, 0.25) is 5.15 Å². The van der Waals surface area contributed by atoms with Gasteiger partial charge in [-0.25, -0.2) is 14.4 Å². The Bertz CT molecular complexity index is 609. The van der Waals surface area contributed by atoms with E-state index < -0.39 is 0 Å². The summed E-state index contributed by atoms with van der Waals surface area (Å²) in [5, 5.41) is 1.17. The summed E-state index contributed by atoms with van der Waals surface area (Å²) in [7, 11) is 0. The topological polar surface area (TPSA) is 25.8 Å². The van der Waals surface area contributed by atoms with Gasteiger partial charge in [0.05, 0.1) is 14.9 Å². The van der Waals surface area contributed by atoms with Crippen molar-refractivity contribution in [1.29, 1.82) is 0 Å². The fourth-order valence-electron chi connectivity index (χ4n) is 1.54. The Kier molecular flexibility index (Phi) is 1.87. The standard InChI is InChI=1S/C10H4ClFN2S/c11-10-9-7(13-4-14-10)5-2-1-3-6(12)8(5)15-9/h1-4H. The van der Waals surface area contributed by atoms with E-state index in [1.165, 1.54) is 23.7 Å². The number of thiophene rings is 1. The molecule has 0 N–H and O–H groups in total. The molecule has 0 bridgehead atoms. The molecule has 0 saturated carbocycles. The molecule has 2 nitrogen and oxygen atoms in total. The Morgan fingerprint density at radius 3 is 2.93 bits per heavy atom. The molecule has 3 aromatic rings. The molecule has 15 heavy (non-hydrogen) atoms. The first-order valence-corrected chi connectivity index (χ1v) is 5.44. The Balaban J connectivity index is 2.63. The third-order valence-electron chi connectivity index (χ3n) is 2.19. The summed E-state index contributed by atoms with van der Waals surface area (Å²) in [6.45, 7) is 0. The minimum Gasteiger partial charge on any atom is -0.235 e. The van der Waals surface area contributed by atoms with Crippen LogP contribution in [0.25, 0.3) is 20.3 Å². The highest BCUT2D eigenvalue weighted by Gasteiger charge is 2.11. The maximum absolute atomic E-state index is 13.5. The van der Waals surface area contributed by atoms with Crippen molar-refractivity contribution in [2.24, 2.45) is 0 Å². The van der Waals surface area contributed by atoms with Gasteiger partial charge in [-0.1, -0.05) is 23.7 Å². The maximum Gasteiger partial charge on any atom is 0.150 e. The minimum atomic E-state index is -0.244. The number of nitrogens with zero attached hydrogens (tertiary/aromatic N) is 2. The van der Waals surface area contributed by atoms with Crippen LogP contribution in [0.15, 0.2) is 24.5 Å². The summed E-state index contributed by atoms with van der Waals surface area (Å²) >= 11 is 7.20. The van der Waals surface area contributed by atoms with E-state index in [4.69, 9.17) is 11.6 Å². The molecule has 2 heterocycles. The summed E-state index contributed by atoms with van der Waals surface area (Å²) in [6, 6.07) is 4.93. The fraction of sp³-hybridized carbons (Fsp3) is 0. The summed E-state index contributed by atoms with van der Waals surface area (Å²) in [4.78, 5) is 7.99. The first kappa shape index (κ1) is 9.00. The molecule has 0 amide bonds. The van der Waals surface area contributed by atoms with Crippen molar-refractivity contribution in [2.75, 3.05) is 0 Å². The van der Waals surface area contributed by atoms with E-state index in [1.54, 1.807) is 6.07 Å². The van der Waals surface area contributed by atoms with Crippen LogP contribution < -0.4 is 0 Å². The number of halogens is 2. The average Bonchev–Trinajstić information content (AvgIpc) is 2.60. The van der Waals surface area contributed by atoms with E-state index in [0.717, 1.165) is 15.6 Å². The van der Waals surface area contributed by atoms with Crippen LogP contribution >= 0.6 is 22.9 Å². The Morgan fingerprint density at radius 2 is 2.07 bits per heavy atom. The zero-order valence-corrected chi connectivity index (χ0v) is 8.94. The molecular weight excluding hydrogens is 235 g/mol. The second-order valence-corrected chi connectivity index (χ2v) is 4.44. The molecule has 0 aliphatic rings. The minimum absolute atomic E-state index is 0.244. The van der Waals surface area contributed by atoms with E-state index in [-0.39, 0.29) is 5.82 Å². The van der Waals surface area contributed by atoms with E-state index in [1.807, 2.05) is 6.07 Å². The molecule has 0 aliphatic carbocycles. The Hall–Kier alpha value is -1.26. The quantitative estimate of drug-likeness (QED) is 0.559. The van der Waals surface area contributed by atoms with Crippen molar-refractivity contribution in [1.82, 2.24) is 9.97 Å². The second kappa shape index (κ2) is 3.12. The van der Waals surface area contributed by atoms with E-state index in [2.05, 4.69) is 9.97 Å². The lowest BCUT2D eigenvalue weighted by Crippen LogP contribution is -1.78. The van der Waals surface area contributed by atoms with Gasteiger partial charge in [-0.3, -0.25) is 0 Å². The van der Waals surface area contributed by atoms with Crippen molar-refractivity contribution in [3.05, 3.63) is 35.5 Å². The normalized spacial score (nSPS) is 11.3. The molecule has 0 radical (unpaired) electrons. The lowest BCUT2D eigenvalue weighted by atomic mass is 10.2. The van der Waals surface area contributed by atoms with Crippen molar-refractivity contribution in [2.45, 2.75) is 0 Å². The first-order valence-electron chi connectivity index (χ1n) is 4.24. The number of rotatable bonds is 0. The molecule has 74 valence electrons. The predicted molar refractivity (Wildman–Crippen MR) is 59.9 cm³/mol. The summed E-state index contributed by atoms with van der Waals surface area (Å²) in [5.74, 6) is -0.244. The van der Waals surface area contributed by atoms with Crippen LogP contribution in [0.5, 0.6) is 0 Å². The summed E-state index contributed by atoms with van der Waals surface area (Å²) < 4.78 is 14.8. The molecule has 0 unspecified atom stereocenters. The smallest absolute Gasteiger partial charge is 0.150 e. The fourth-order valence-corrected chi connectivity index (χ4v) is 2.83. The number of fused-ring (bicyclic) bond motifs is 3. The van der Waals surface area contributed by atoms with Crippen LogP contribution in [0.4, 0.5) is 4.39 Å². The second-order valence-electron chi connectivity index (χ2n) is 3.06. The van der Waals surface area contributed by atoms with E-state index >= 15 is 0 Å². The number of benzene rings is 1. The predicted octanol–water partition coefficient (Wildman–Crippen LogP) is 3.64. The van der Waals surface area contributed by atoms with Gasteiger partial charge in [0.25, 0.3) is 0 Å². The van der Waals surface area contributed by atoms with Gasteiger partial charge in [0.2, 0.25) is 0 Å². The van der Waals surface area contributed by atoms with Gasteiger partial charge >= 0.3 is 0 Å². The third kappa shape index (κ3) is 1.22. The van der Waals surface area contributed by atoms with Gasteiger partial charge in [-0.05, 0) is 6.07 Å². The molecule has 0 aliphatic heterocycles. The highest BCUT2D eigenvalue weighted by Crippen LogP contribution is 2.36. The Labute approximate surface area is 93.3 Å². The molecule has 5 heteroatoms. The largest absolute Gasteiger partial charge is 0.235 e. The lowest BCUT2D eigenvalue weighted by Gasteiger charge is -1.91. The summed E-state index contributed by atoms with van der Waals surface area (Å²) in [6.07, 6.45) is 1.39. The summed E-state index contributed by atoms with van der Waals surface area (Å²) in [5.41, 5.74) is 0.717. The number of aromatic nitrogens is 2. The zero-order chi connectivity index (χ0) is 10.4. The lowest BCUT2D eigenvalue weighted by molar-refractivity contribution is 0.642. The van der Waals surface area contributed by atoms with Gasteiger partial charge < -0.3 is 0 Å². The number of hydrogen-bond donors (Lipinski definition) is 0. The van der Waals surface area contributed by atoms with Crippen molar-refractivity contribution in [3.8, 4) is 0 Å². The molecule has 1 aromatic carbocycles. The average molecular weight is 239 g/mol. The van der Waals surface area contributed by atoms with Gasteiger partial charge in [-0.15, -0.1) is 11.3 Å². The highest BCUT2D eigenvalue weighted by atomic mass is 35.5. The molecule has 0 spiro atoms. The molecule has 0 saturated heterocycles. The zero-order valence-electron chi connectivity index (χ0n) is 7.37. The van der Waals surface area contributed by atoms with Gasteiger partial charge in [0.1, 0.15) is 17.3 Å². The van der Waals surface area contributed by atoms with Gasteiger partial charge in [0.15, 0.2) is 0 Å². The van der Waals surface area contributed by atoms with Crippen molar-refractivity contribution < 1.29 is 4.39 Å². The van der Waals surface area contributed by atoms with Gasteiger partial charge in [0, 0.05) is 5.39 Å². The molecule has 0 fully saturated rings. The maximum atomic E-state index is 13.5. The van der Waals surface area contributed by atoms with Crippen LogP contribution in [0.3, 0.4) is 0 Å². The van der Waals surface area contributed by atoms with Crippen molar-refractivity contribution in [3.63, 3.8) is 0 Å². The first-order chi connectivity index (χ1) is 7.27. The van der Waals surface area contributed by atoms with Crippen LogP contribution in [-0.2, 0) is 0 Å². The van der Waals surface area contributed by atoms with Crippen molar-refractivity contribution >= 4 is 43.2 Å². The SMILES string of the molecule is Fc1cccc2c1sc1c(Cl)ncnc12. The monoisotopic (exact) mass is 238 g/mol. The van der Waals surface area contributed by atoms with Gasteiger partial charge in [-0.2, -0.15) is 0 Å². The van der Waals surface area contributed by atoms with Crippen LogP contribution in [0.1, 0.15) is 0 Å². The van der Waals surface area contributed by atoms with Crippen LogP contribution in [0, 0.1) is 5.82 Å². The molecular formula is C10H4ClFN2S.